The second-order valence-corrected chi connectivity index (χ2v) is 9.01. The average molecular weight is 305 g/mol. The Morgan fingerprint density at radius 2 is 1.59 bits per heavy atom. The van der Waals surface area contributed by atoms with Crippen LogP contribution >= 0.6 is 0 Å². The fraction of sp³-hybridized carbons (Fsp3) is 0.700. The molecule has 0 aliphatic carbocycles. The molecular weight excluding hydrogens is 268 g/mol. The summed E-state index contributed by atoms with van der Waals surface area (Å²) in [6.07, 6.45) is 2.06. The SMILES string of the molecule is CC(C)(C)CC(C)(C)N.CC(N)CC(C)(C)c1cc#ccc1. The van der Waals surface area contributed by atoms with Crippen molar-refractivity contribution in [3.05, 3.63) is 35.9 Å². The maximum atomic E-state index is 5.82. The molecule has 4 N–H and O–H groups in total. The first-order valence-electron chi connectivity index (χ1n) is 8.16. The molecular formula is C20H36N2. The van der Waals surface area contributed by atoms with Crippen LogP contribution in [0.25, 0.3) is 0 Å². The van der Waals surface area contributed by atoms with Crippen molar-refractivity contribution in [1.82, 2.24) is 0 Å². The van der Waals surface area contributed by atoms with Gasteiger partial charge in [-0.25, -0.2) is 0 Å². The van der Waals surface area contributed by atoms with E-state index in [9.17, 15) is 0 Å². The highest BCUT2D eigenvalue weighted by Crippen LogP contribution is 2.27. The maximum Gasteiger partial charge on any atom is 0.0102 e. The van der Waals surface area contributed by atoms with Gasteiger partial charge in [-0.2, -0.15) is 0 Å². The number of hydrogen-bond acceptors (Lipinski definition) is 2. The van der Waals surface area contributed by atoms with Crippen molar-refractivity contribution in [3.8, 4) is 0 Å². The minimum atomic E-state index is -0.0156. The van der Waals surface area contributed by atoms with Gasteiger partial charge in [-0.3, -0.25) is 0 Å². The first kappa shape index (κ1) is 21.0. The monoisotopic (exact) mass is 304 g/mol. The summed E-state index contributed by atoms with van der Waals surface area (Å²) in [4.78, 5) is 0. The van der Waals surface area contributed by atoms with Gasteiger partial charge in [0.15, 0.2) is 0 Å². The topological polar surface area (TPSA) is 52.0 Å². The molecule has 1 unspecified atom stereocenters. The molecule has 1 aromatic carbocycles. The number of nitrogens with two attached hydrogens (primary N) is 2. The Bertz CT molecular complexity index is 394. The van der Waals surface area contributed by atoms with Crippen molar-refractivity contribution in [1.29, 1.82) is 0 Å². The smallest absolute Gasteiger partial charge is 0.0102 e. The molecule has 0 aliphatic heterocycles. The van der Waals surface area contributed by atoms with Crippen LogP contribution in [0.5, 0.6) is 0 Å². The summed E-state index contributed by atoms with van der Waals surface area (Å²) in [5.41, 5.74) is 13.4. The van der Waals surface area contributed by atoms with Gasteiger partial charge in [0.1, 0.15) is 0 Å². The van der Waals surface area contributed by atoms with Crippen molar-refractivity contribution < 1.29 is 0 Å². The number of rotatable bonds is 4. The first-order chi connectivity index (χ1) is 9.73. The molecule has 0 saturated heterocycles. The van der Waals surface area contributed by atoms with Gasteiger partial charge in [0.05, 0.1) is 0 Å². The van der Waals surface area contributed by atoms with Gasteiger partial charge < -0.3 is 11.5 Å². The van der Waals surface area contributed by atoms with E-state index in [2.05, 4.69) is 66.7 Å². The van der Waals surface area contributed by atoms with Gasteiger partial charge in [0.2, 0.25) is 0 Å². The third-order valence-corrected chi connectivity index (χ3v) is 3.26. The summed E-state index contributed by atoms with van der Waals surface area (Å²) in [5.74, 6) is 0. The summed E-state index contributed by atoms with van der Waals surface area (Å²) in [6.45, 7) is 17.2. The van der Waals surface area contributed by atoms with Gasteiger partial charge in [-0.05, 0) is 68.2 Å². The highest BCUT2D eigenvalue weighted by atomic mass is 14.7. The van der Waals surface area contributed by atoms with E-state index in [1.165, 1.54) is 5.56 Å². The van der Waals surface area contributed by atoms with Crippen molar-refractivity contribution in [2.24, 2.45) is 16.9 Å². The third kappa shape index (κ3) is 10.7. The molecule has 2 nitrogen and oxygen atoms in total. The molecule has 1 atom stereocenters. The quantitative estimate of drug-likeness (QED) is 0.862. The van der Waals surface area contributed by atoms with Gasteiger partial charge in [-0.1, -0.05) is 46.8 Å². The molecule has 0 heterocycles. The summed E-state index contributed by atoms with van der Waals surface area (Å²) in [7, 11) is 0. The second kappa shape index (κ2) is 7.99. The van der Waals surface area contributed by atoms with Crippen LogP contribution in [0.2, 0.25) is 0 Å². The highest BCUT2D eigenvalue weighted by Gasteiger charge is 2.21. The van der Waals surface area contributed by atoms with Crippen LogP contribution in [0.15, 0.2) is 18.2 Å². The summed E-state index contributed by atoms with van der Waals surface area (Å²) < 4.78 is 0. The average Bonchev–Trinajstić information content (AvgIpc) is 2.24. The molecule has 0 aromatic heterocycles. The Morgan fingerprint density at radius 3 is 1.86 bits per heavy atom. The maximum absolute atomic E-state index is 5.82. The lowest BCUT2D eigenvalue weighted by Gasteiger charge is -2.28. The van der Waals surface area contributed by atoms with Crippen molar-refractivity contribution in [2.75, 3.05) is 0 Å². The molecule has 0 radical (unpaired) electrons. The van der Waals surface area contributed by atoms with Gasteiger partial charge >= 0.3 is 0 Å². The van der Waals surface area contributed by atoms with Gasteiger partial charge in [-0.15, -0.1) is 0 Å². The molecule has 0 aliphatic rings. The van der Waals surface area contributed by atoms with E-state index < -0.39 is 0 Å². The zero-order chi connectivity index (χ0) is 17.6. The van der Waals surface area contributed by atoms with E-state index in [4.69, 9.17) is 11.5 Å². The Hall–Kier alpha value is -1.04. The fourth-order valence-electron chi connectivity index (χ4n) is 3.06. The van der Waals surface area contributed by atoms with E-state index in [1.807, 2.05) is 19.1 Å². The zero-order valence-electron chi connectivity index (χ0n) is 15.9. The minimum absolute atomic E-state index is 0.0156. The van der Waals surface area contributed by atoms with Crippen LogP contribution in [-0.2, 0) is 5.41 Å². The lowest BCUT2D eigenvalue weighted by atomic mass is 9.80. The third-order valence-electron chi connectivity index (χ3n) is 3.26. The van der Waals surface area contributed by atoms with E-state index in [0.29, 0.717) is 5.41 Å². The Morgan fingerprint density at radius 1 is 1.05 bits per heavy atom. The van der Waals surface area contributed by atoms with Crippen LogP contribution in [0.4, 0.5) is 0 Å². The summed E-state index contributed by atoms with van der Waals surface area (Å²) >= 11 is 0. The van der Waals surface area contributed by atoms with E-state index >= 15 is 0 Å². The molecule has 0 saturated carbocycles. The lowest BCUT2D eigenvalue weighted by molar-refractivity contribution is 0.286. The standard InChI is InChI=1S/C12H17N.C8H19N/c1-10(13)9-12(2,3)11-7-5-4-6-8-11;1-7(2,3)6-8(4,5)9/h5,7-8,10H,9,13H2,1-3H3;6,9H2,1-5H3. The predicted molar refractivity (Wildman–Crippen MR) is 97.7 cm³/mol. The molecule has 1 aromatic rings. The van der Waals surface area contributed by atoms with E-state index in [1.54, 1.807) is 0 Å². The second-order valence-electron chi connectivity index (χ2n) is 9.01. The van der Waals surface area contributed by atoms with Crippen LogP contribution in [-0.4, -0.2) is 11.6 Å². The molecule has 0 bridgehead atoms. The Kier molecular flexibility index (Phi) is 7.62. The molecule has 2 heteroatoms. The Balaban J connectivity index is 0.000000433. The van der Waals surface area contributed by atoms with Crippen LogP contribution in [0, 0.1) is 17.5 Å². The zero-order valence-corrected chi connectivity index (χ0v) is 15.9. The lowest BCUT2D eigenvalue weighted by Crippen LogP contribution is -2.36. The molecule has 0 spiro atoms. The summed E-state index contributed by atoms with van der Waals surface area (Å²) in [6, 6.07) is 12.1. The molecule has 1 rings (SSSR count). The van der Waals surface area contributed by atoms with Crippen LogP contribution in [0.3, 0.4) is 0 Å². The van der Waals surface area contributed by atoms with Gasteiger partial charge in [0, 0.05) is 11.6 Å². The minimum Gasteiger partial charge on any atom is -0.328 e. The molecule has 0 amide bonds. The first-order valence-corrected chi connectivity index (χ1v) is 8.16. The van der Waals surface area contributed by atoms with Crippen molar-refractivity contribution in [2.45, 2.75) is 85.2 Å². The molecule has 0 fully saturated rings. The normalized spacial score (nSPS) is 13.7. The molecule has 126 valence electrons. The van der Waals surface area contributed by atoms with Crippen LogP contribution in [0.1, 0.15) is 73.8 Å². The predicted octanol–water partition coefficient (Wildman–Crippen LogP) is 4.46. The largest absolute Gasteiger partial charge is 0.328 e. The van der Waals surface area contributed by atoms with Crippen molar-refractivity contribution in [3.63, 3.8) is 0 Å². The highest BCUT2D eigenvalue weighted by molar-refractivity contribution is 5.20. The van der Waals surface area contributed by atoms with E-state index in [0.717, 1.165) is 12.8 Å². The van der Waals surface area contributed by atoms with Crippen LogP contribution < -0.4 is 11.5 Å². The Labute approximate surface area is 138 Å². The fourth-order valence-corrected chi connectivity index (χ4v) is 3.06. The summed E-state index contributed by atoms with van der Waals surface area (Å²) in [5, 5.41) is 0. The molecule has 22 heavy (non-hydrogen) atoms. The van der Waals surface area contributed by atoms with E-state index in [-0.39, 0.29) is 17.0 Å². The number of hydrogen-bond donors (Lipinski definition) is 2. The van der Waals surface area contributed by atoms with Crippen molar-refractivity contribution >= 4 is 0 Å². The van der Waals surface area contributed by atoms with Gasteiger partial charge in [0.25, 0.3) is 0 Å².